The molecule has 44 valence electrons. The normalized spacial score (nSPS) is 13.6. The summed E-state index contributed by atoms with van der Waals surface area (Å²) in [5, 5.41) is 0. The van der Waals surface area contributed by atoms with Crippen molar-refractivity contribution < 1.29 is 17.7 Å². The number of halogens is 3. The lowest BCUT2D eigenvalue weighted by molar-refractivity contribution is -0.105. The largest absolute Gasteiger partial charge is 0.395 e. The fourth-order valence-electron chi connectivity index (χ4n) is 0.0945. The van der Waals surface area contributed by atoms with Gasteiger partial charge in [-0.2, -0.15) is 13.2 Å². The molecule has 0 N–H and O–H groups in total. The highest BCUT2D eigenvalue weighted by Gasteiger charge is 2.25. The number of hydrogen-bond donors (Lipinski definition) is 0. The summed E-state index contributed by atoms with van der Waals surface area (Å²) in [4.78, 5) is 0. The summed E-state index contributed by atoms with van der Waals surface area (Å²) in [5.41, 5.74) is 0. The summed E-state index contributed by atoms with van der Waals surface area (Å²) in [6.07, 6.45) is -5.36. The van der Waals surface area contributed by atoms with Gasteiger partial charge in [-0.25, -0.2) is 0 Å². The Kier molecular flexibility index (Phi) is 2.37. The lowest BCUT2D eigenvalue weighted by Gasteiger charge is -1.96. The van der Waals surface area contributed by atoms with Crippen LogP contribution in [0.4, 0.5) is 13.2 Å². The van der Waals surface area contributed by atoms with Crippen molar-refractivity contribution in [3.8, 4) is 0 Å². The van der Waals surface area contributed by atoms with Gasteiger partial charge in [0.2, 0.25) is 0 Å². The molecule has 7 heavy (non-hydrogen) atoms. The molecular weight excluding hydrogens is 128 g/mol. The van der Waals surface area contributed by atoms with E-state index < -0.39 is 20.8 Å². The van der Waals surface area contributed by atoms with E-state index in [4.69, 9.17) is 0 Å². The molecule has 0 radical (unpaired) electrons. The highest BCUT2D eigenvalue weighted by molar-refractivity contribution is 7.23. The van der Waals surface area contributed by atoms with Crippen molar-refractivity contribution in [3.05, 3.63) is 0 Å². The van der Waals surface area contributed by atoms with E-state index in [1.807, 2.05) is 0 Å². The first kappa shape index (κ1) is 7.02. The molecule has 0 bridgehead atoms. The van der Waals surface area contributed by atoms with Crippen LogP contribution >= 0.6 is 8.46 Å². The summed E-state index contributed by atoms with van der Waals surface area (Å²) in [5.74, 6) is 0. The molecule has 0 amide bonds. The zero-order valence-corrected chi connectivity index (χ0v) is 4.48. The first-order valence-electron chi connectivity index (χ1n) is 1.56. The lowest BCUT2D eigenvalue weighted by Crippen LogP contribution is -2.07. The zero-order chi connectivity index (χ0) is 5.91. The molecule has 0 saturated carbocycles. The summed E-state index contributed by atoms with van der Waals surface area (Å²) >= 11 is 0. The SMILES string of the molecule is O=[PH2]CC(F)(F)F. The Morgan fingerprint density at radius 2 is 1.86 bits per heavy atom. The zero-order valence-electron chi connectivity index (χ0n) is 3.33. The highest BCUT2D eigenvalue weighted by Crippen LogP contribution is 2.18. The van der Waals surface area contributed by atoms with Crippen LogP contribution in [0.3, 0.4) is 0 Å². The van der Waals surface area contributed by atoms with Crippen LogP contribution in [0.25, 0.3) is 0 Å². The van der Waals surface area contributed by atoms with E-state index in [-0.39, 0.29) is 0 Å². The molecular formula is C2H4F3OP. The topological polar surface area (TPSA) is 17.1 Å². The van der Waals surface area contributed by atoms with E-state index in [9.17, 15) is 17.7 Å². The first-order chi connectivity index (χ1) is 3.06. The second-order valence-electron chi connectivity index (χ2n) is 0.986. The fraction of sp³-hybridized carbons (Fsp3) is 1.00. The van der Waals surface area contributed by atoms with Crippen molar-refractivity contribution in [2.24, 2.45) is 0 Å². The molecule has 0 saturated heterocycles. The molecule has 1 nitrogen and oxygen atoms in total. The van der Waals surface area contributed by atoms with Gasteiger partial charge in [0.15, 0.2) is 0 Å². The van der Waals surface area contributed by atoms with Gasteiger partial charge in [0.1, 0.15) is 0 Å². The minimum atomic E-state index is -4.23. The third-order valence-electron chi connectivity index (χ3n) is 0.315. The summed E-state index contributed by atoms with van der Waals surface area (Å²) < 4.78 is 41.9. The standard InChI is InChI=1S/C2H4F3OP/c3-2(4,5)1-7-6/h1,7H2. The van der Waals surface area contributed by atoms with Crippen LogP contribution in [0.5, 0.6) is 0 Å². The molecule has 0 fully saturated rings. The minimum absolute atomic E-state index is 1.13. The van der Waals surface area contributed by atoms with E-state index in [1.54, 1.807) is 0 Å². The van der Waals surface area contributed by atoms with Gasteiger partial charge in [-0.3, -0.25) is 0 Å². The van der Waals surface area contributed by atoms with Gasteiger partial charge in [-0.15, -0.1) is 0 Å². The molecule has 0 aromatic carbocycles. The van der Waals surface area contributed by atoms with Gasteiger partial charge in [0.25, 0.3) is 0 Å². The number of hydrogen-bond acceptors (Lipinski definition) is 1. The monoisotopic (exact) mass is 132 g/mol. The Hall–Kier alpha value is 0.0200. The van der Waals surface area contributed by atoms with Gasteiger partial charge in [0.05, 0.1) is 14.6 Å². The maximum Gasteiger partial charge on any atom is 0.395 e. The number of rotatable bonds is 1. The highest BCUT2D eigenvalue weighted by atomic mass is 31.1. The Morgan fingerprint density at radius 1 is 1.43 bits per heavy atom. The second-order valence-corrected chi connectivity index (χ2v) is 1.73. The molecule has 0 aromatic heterocycles. The van der Waals surface area contributed by atoms with Crippen molar-refractivity contribution in [2.75, 3.05) is 6.16 Å². The average Bonchev–Trinajstić information content (AvgIpc) is 1.30. The van der Waals surface area contributed by atoms with Crippen LogP contribution in [0.15, 0.2) is 0 Å². The molecule has 0 spiro atoms. The molecule has 0 aliphatic heterocycles. The first-order valence-corrected chi connectivity index (χ1v) is 2.85. The van der Waals surface area contributed by atoms with Gasteiger partial charge < -0.3 is 4.57 Å². The Balaban J connectivity index is 3.34. The minimum Gasteiger partial charge on any atom is -0.330 e. The predicted octanol–water partition coefficient (Wildman–Crippen LogP) is 1.30. The van der Waals surface area contributed by atoms with Crippen molar-refractivity contribution >= 4 is 8.46 Å². The van der Waals surface area contributed by atoms with Crippen LogP contribution in [0.2, 0.25) is 0 Å². The smallest absolute Gasteiger partial charge is 0.330 e. The van der Waals surface area contributed by atoms with Crippen molar-refractivity contribution in [3.63, 3.8) is 0 Å². The lowest BCUT2D eigenvalue weighted by atomic mass is 10.8. The van der Waals surface area contributed by atoms with E-state index in [1.165, 1.54) is 0 Å². The maximum absolute atomic E-state index is 10.9. The maximum atomic E-state index is 10.9. The molecule has 0 aliphatic carbocycles. The van der Waals surface area contributed by atoms with Gasteiger partial charge in [-0.05, 0) is 0 Å². The van der Waals surface area contributed by atoms with Crippen LogP contribution in [0.1, 0.15) is 0 Å². The van der Waals surface area contributed by atoms with Crippen LogP contribution in [0, 0.1) is 0 Å². The van der Waals surface area contributed by atoms with E-state index >= 15 is 0 Å². The van der Waals surface area contributed by atoms with Crippen LogP contribution in [-0.2, 0) is 4.57 Å². The van der Waals surface area contributed by atoms with Crippen molar-refractivity contribution in [1.29, 1.82) is 0 Å². The third-order valence-corrected chi connectivity index (χ3v) is 0.944. The quantitative estimate of drug-likeness (QED) is 0.491. The summed E-state index contributed by atoms with van der Waals surface area (Å²) in [6, 6.07) is 0. The van der Waals surface area contributed by atoms with E-state index in [0.717, 1.165) is 0 Å². The predicted molar refractivity (Wildman–Crippen MR) is 21.3 cm³/mol. The molecule has 5 heteroatoms. The molecule has 0 aromatic rings. The van der Waals surface area contributed by atoms with Gasteiger partial charge in [0, 0.05) is 0 Å². The molecule has 1 unspecified atom stereocenters. The third kappa shape index (κ3) is 6.02. The molecule has 0 rings (SSSR count). The van der Waals surface area contributed by atoms with Gasteiger partial charge >= 0.3 is 6.18 Å². The van der Waals surface area contributed by atoms with E-state index in [0.29, 0.717) is 0 Å². The Morgan fingerprint density at radius 3 is 1.86 bits per heavy atom. The van der Waals surface area contributed by atoms with Crippen molar-refractivity contribution in [1.82, 2.24) is 0 Å². The summed E-state index contributed by atoms with van der Waals surface area (Å²) in [6.45, 7) is 0. The van der Waals surface area contributed by atoms with Crippen LogP contribution < -0.4 is 0 Å². The van der Waals surface area contributed by atoms with E-state index in [2.05, 4.69) is 0 Å². The fourth-order valence-corrected chi connectivity index (χ4v) is 0.283. The van der Waals surface area contributed by atoms with Gasteiger partial charge in [-0.1, -0.05) is 0 Å². The average molecular weight is 132 g/mol. The van der Waals surface area contributed by atoms with Crippen molar-refractivity contribution in [2.45, 2.75) is 6.18 Å². The molecule has 1 atom stereocenters. The molecule has 0 heterocycles. The Labute approximate surface area is 39.7 Å². The van der Waals surface area contributed by atoms with Crippen LogP contribution in [-0.4, -0.2) is 12.3 Å². The molecule has 0 aliphatic rings. The Bertz CT molecular complexity index is 67.8. The number of alkyl halides is 3. The summed E-state index contributed by atoms with van der Waals surface area (Å²) in [7, 11) is -1.67. The second kappa shape index (κ2) is 2.36.